The fraction of sp³-hybridized carbons (Fsp3) is 0.361. The SMILES string of the molecule is Cc1sc2c(c1C)C(c1ccc(Cl)cc1)=N[C@@H](CC(=O)Nc1ccc(C#CCNC(=O)O)c(CO[Si](C)(C)C(C)(C)C)c1)c1nnc(C)n1-2. The molecule has 0 aliphatic carbocycles. The van der Waals surface area contributed by atoms with Crippen molar-refractivity contribution in [3.63, 3.8) is 0 Å². The highest BCUT2D eigenvalue weighted by Crippen LogP contribution is 2.40. The van der Waals surface area contributed by atoms with Crippen molar-refractivity contribution >= 4 is 54.7 Å². The second-order valence-electron chi connectivity index (χ2n) is 13.5. The van der Waals surface area contributed by atoms with Gasteiger partial charge in [-0.25, -0.2) is 4.79 Å². The number of rotatable bonds is 8. The van der Waals surface area contributed by atoms with Crippen LogP contribution in [0.4, 0.5) is 10.5 Å². The predicted molar refractivity (Wildman–Crippen MR) is 198 cm³/mol. The minimum absolute atomic E-state index is 0.000322. The Balaban J connectivity index is 1.47. The van der Waals surface area contributed by atoms with Crippen LogP contribution in [-0.2, 0) is 15.8 Å². The number of halogens is 1. The first-order valence-corrected chi connectivity index (χ1v) is 20.0. The van der Waals surface area contributed by atoms with E-state index in [-0.39, 0.29) is 23.9 Å². The van der Waals surface area contributed by atoms with Crippen LogP contribution in [0.5, 0.6) is 0 Å². The zero-order chi connectivity index (χ0) is 35.7. The van der Waals surface area contributed by atoms with E-state index >= 15 is 0 Å². The van der Waals surface area contributed by atoms with E-state index in [1.807, 2.05) is 47.9 Å². The summed E-state index contributed by atoms with van der Waals surface area (Å²) in [5, 5.41) is 24.7. The molecule has 1 atom stereocenters. The van der Waals surface area contributed by atoms with E-state index < -0.39 is 20.5 Å². The summed E-state index contributed by atoms with van der Waals surface area (Å²) in [6.45, 7) is 17.3. The van der Waals surface area contributed by atoms with Crippen LogP contribution in [0.25, 0.3) is 5.00 Å². The first-order valence-electron chi connectivity index (χ1n) is 15.9. The molecule has 2 aromatic heterocycles. The number of nitrogens with one attached hydrogen (secondary N) is 2. The Labute approximate surface area is 297 Å². The van der Waals surface area contributed by atoms with Gasteiger partial charge in [-0.1, -0.05) is 56.3 Å². The molecule has 0 unspecified atom stereocenters. The molecule has 0 saturated carbocycles. The number of hydrogen-bond donors (Lipinski definition) is 3. The second-order valence-corrected chi connectivity index (χ2v) is 20.0. The molecular formula is C36H41ClN6O4SSi. The summed E-state index contributed by atoms with van der Waals surface area (Å²) >= 11 is 7.90. The number of thiophene rings is 1. The Kier molecular flexibility index (Phi) is 10.5. The third-order valence-electron chi connectivity index (χ3n) is 9.07. The zero-order valence-corrected chi connectivity index (χ0v) is 31.6. The molecule has 2 amide bonds. The van der Waals surface area contributed by atoms with Crippen LogP contribution in [0.3, 0.4) is 0 Å². The number of carbonyl (C=O) groups is 2. The number of anilines is 1. The van der Waals surface area contributed by atoms with Crippen molar-refractivity contribution in [1.82, 2.24) is 20.1 Å². The van der Waals surface area contributed by atoms with Crippen LogP contribution in [0.2, 0.25) is 23.2 Å². The van der Waals surface area contributed by atoms with Crippen molar-refractivity contribution in [2.75, 3.05) is 11.9 Å². The first-order chi connectivity index (χ1) is 23.1. The normalized spacial score (nSPS) is 14.1. The van der Waals surface area contributed by atoms with Crippen LogP contribution < -0.4 is 10.6 Å². The van der Waals surface area contributed by atoms with E-state index in [1.165, 1.54) is 4.88 Å². The van der Waals surface area contributed by atoms with Crippen LogP contribution >= 0.6 is 22.9 Å². The number of benzene rings is 2. The Morgan fingerprint density at radius 3 is 2.49 bits per heavy atom. The molecule has 4 aromatic rings. The molecule has 0 saturated heterocycles. The average molecular weight is 717 g/mol. The quantitative estimate of drug-likeness (QED) is 0.125. The number of aromatic nitrogens is 3. The zero-order valence-electron chi connectivity index (χ0n) is 29.0. The van der Waals surface area contributed by atoms with E-state index in [4.69, 9.17) is 26.1 Å². The van der Waals surface area contributed by atoms with Gasteiger partial charge in [0.15, 0.2) is 14.1 Å². The van der Waals surface area contributed by atoms with Crippen molar-refractivity contribution in [1.29, 1.82) is 0 Å². The molecule has 0 spiro atoms. The summed E-state index contributed by atoms with van der Waals surface area (Å²) in [4.78, 5) is 31.0. The summed E-state index contributed by atoms with van der Waals surface area (Å²) in [6, 6.07) is 12.4. The van der Waals surface area contributed by atoms with Crippen LogP contribution in [0.15, 0.2) is 47.5 Å². The maximum absolute atomic E-state index is 13.8. The maximum atomic E-state index is 13.8. The number of nitrogens with zero attached hydrogens (tertiary/aromatic N) is 4. The summed E-state index contributed by atoms with van der Waals surface area (Å²) in [5.41, 5.74) is 5.88. The standard InChI is InChI=1S/C36H41ClN6O4SSi/c1-21-22(2)48-34-31(21)32(25-11-14-27(37)15-12-25)40-29(33-42-41-23(3)43(33)34)19-30(44)39-28-16-13-24(10-9-17-38-35(45)46)26(18-28)20-47-49(7,8)36(4,5)6/h11-16,18,29,38H,17,19-20H2,1-8H3,(H,39,44)(H,45,46)/t29-/m0/s1. The number of hydrogen-bond acceptors (Lipinski definition) is 7. The number of carboxylic acid groups (broad SMARTS) is 1. The van der Waals surface area contributed by atoms with E-state index in [0.717, 1.165) is 38.8 Å². The van der Waals surface area contributed by atoms with Crippen molar-refractivity contribution < 1.29 is 19.1 Å². The smallest absolute Gasteiger partial charge is 0.405 e. The molecule has 3 N–H and O–H groups in total. The van der Waals surface area contributed by atoms with Gasteiger partial charge in [-0.05, 0) is 80.4 Å². The largest absolute Gasteiger partial charge is 0.465 e. The van der Waals surface area contributed by atoms with Gasteiger partial charge in [-0.15, -0.1) is 21.5 Å². The monoisotopic (exact) mass is 716 g/mol. The predicted octanol–water partition coefficient (Wildman–Crippen LogP) is 7.97. The van der Waals surface area contributed by atoms with Gasteiger partial charge in [-0.2, -0.15) is 0 Å². The van der Waals surface area contributed by atoms with Crippen molar-refractivity contribution in [2.24, 2.45) is 4.99 Å². The molecule has 49 heavy (non-hydrogen) atoms. The fourth-order valence-electron chi connectivity index (χ4n) is 5.17. The molecule has 13 heteroatoms. The third-order valence-corrected chi connectivity index (χ3v) is 15.0. The second kappa shape index (κ2) is 14.3. The Morgan fingerprint density at radius 2 is 1.82 bits per heavy atom. The van der Waals surface area contributed by atoms with Gasteiger partial charge in [0.1, 0.15) is 16.9 Å². The highest BCUT2D eigenvalue weighted by atomic mass is 35.5. The van der Waals surface area contributed by atoms with Gasteiger partial charge < -0.3 is 20.2 Å². The number of amides is 2. The van der Waals surface area contributed by atoms with Crippen molar-refractivity contribution in [3.05, 3.63) is 91.8 Å². The summed E-state index contributed by atoms with van der Waals surface area (Å²) in [6.07, 6.45) is -1.11. The summed E-state index contributed by atoms with van der Waals surface area (Å²) in [5.74, 6) is 6.99. The van der Waals surface area contributed by atoms with Gasteiger partial charge in [0.05, 0.1) is 25.3 Å². The molecule has 5 rings (SSSR count). The fourth-order valence-corrected chi connectivity index (χ4v) is 7.46. The number of fused-ring (bicyclic) bond motifs is 3. The summed E-state index contributed by atoms with van der Waals surface area (Å²) in [7, 11) is -2.11. The lowest BCUT2D eigenvalue weighted by atomic mass is 9.99. The van der Waals surface area contributed by atoms with Crippen LogP contribution in [-0.4, -0.2) is 52.4 Å². The number of aryl methyl sites for hydroxylation is 2. The van der Waals surface area contributed by atoms with Crippen LogP contribution in [0.1, 0.15) is 77.6 Å². The summed E-state index contributed by atoms with van der Waals surface area (Å²) < 4.78 is 8.53. The lowest BCUT2D eigenvalue weighted by Crippen LogP contribution is -2.40. The van der Waals surface area contributed by atoms with Crippen molar-refractivity contribution in [3.8, 4) is 16.8 Å². The molecular weight excluding hydrogens is 676 g/mol. The van der Waals surface area contributed by atoms with E-state index in [9.17, 15) is 9.59 Å². The lowest BCUT2D eigenvalue weighted by molar-refractivity contribution is -0.116. The van der Waals surface area contributed by atoms with E-state index in [2.05, 4.69) is 80.4 Å². The maximum Gasteiger partial charge on any atom is 0.405 e. The third kappa shape index (κ3) is 7.97. The Morgan fingerprint density at radius 1 is 1.10 bits per heavy atom. The number of carbonyl (C=O) groups excluding carboxylic acids is 1. The first kappa shape index (κ1) is 36.0. The van der Waals surface area contributed by atoms with Crippen molar-refractivity contribution in [2.45, 2.75) is 78.7 Å². The molecule has 1 aliphatic rings. The molecule has 0 radical (unpaired) electrons. The molecule has 256 valence electrons. The van der Waals surface area contributed by atoms with Gasteiger partial charge >= 0.3 is 6.09 Å². The number of aliphatic imine (C=N–C) groups is 1. The molecule has 0 bridgehead atoms. The van der Waals surface area contributed by atoms with Crippen LogP contribution in [0, 0.1) is 32.6 Å². The molecule has 3 heterocycles. The molecule has 0 fully saturated rings. The molecule has 2 aromatic carbocycles. The highest BCUT2D eigenvalue weighted by Gasteiger charge is 2.37. The molecule has 10 nitrogen and oxygen atoms in total. The minimum Gasteiger partial charge on any atom is -0.465 e. The lowest BCUT2D eigenvalue weighted by Gasteiger charge is -2.36. The van der Waals surface area contributed by atoms with E-state index in [1.54, 1.807) is 17.4 Å². The van der Waals surface area contributed by atoms with Gasteiger partial charge in [0, 0.05) is 32.3 Å². The topological polar surface area (TPSA) is 131 Å². The Bertz CT molecular complexity index is 2000. The minimum atomic E-state index is -2.11. The van der Waals surface area contributed by atoms with Gasteiger partial charge in [-0.3, -0.25) is 14.4 Å². The Hall–Kier alpha value is -4.28. The highest BCUT2D eigenvalue weighted by molar-refractivity contribution is 7.15. The average Bonchev–Trinajstić information content (AvgIpc) is 3.50. The van der Waals surface area contributed by atoms with Gasteiger partial charge in [0.25, 0.3) is 0 Å². The van der Waals surface area contributed by atoms with Gasteiger partial charge in [0.2, 0.25) is 5.91 Å². The molecule has 1 aliphatic heterocycles. The van der Waals surface area contributed by atoms with E-state index in [0.29, 0.717) is 28.7 Å².